The number of aliphatic imine (C=N–C) groups is 1. The Morgan fingerprint density at radius 2 is 1.28 bits per heavy atom. The third kappa shape index (κ3) is 12.5. The Morgan fingerprint density at radius 1 is 0.744 bits per heavy atom. The van der Waals surface area contributed by atoms with Crippen LogP contribution >= 0.6 is 0 Å². The van der Waals surface area contributed by atoms with E-state index in [0.717, 1.165) is 0 Å². The molecule has 2 aromatic carbocycles. The fraction of sp³-hybridized carbons (Fsp3) is 0.357. The molecule has 4 unspecified atom stereocenters. The number of guanidine groups is 1. The summed E-state index contributed by atoms with van der Waals surface area (Å²) in [5.41, 5.74) is 23.1. The summed E-state index contributed by atoms with van der Waals surface area (Å²) in [5, 5.41) is 26.6. The number of nitrogens with zero attached hydrogens (tertiary/aromatic N) is 1. The highest BCUT2D eigenvalue weighted by atomic mass is 16.4. The fourth-order valence-electron chi connectivity index (χ4n) is 4.01. The minimum atomic E-state index is -1.55. The van der Waals surface area contributed by atoms with E-state index in [4.69, 9.17) is 22.9 Å². The van der Waals surface area contributed by atoms with Gasteiger partial charge in [-0.25, -0.2) is 4.79 Å². The Bertz CT molecular complexity index is 1280. The zero-order valence-corrected chi connectivity index (χ0v) is 23.4. The van der Waals surface area contributed by atoms with Crippen molar-refractivity contribution in [2.45, 2.75) is 56.3 Å². The Balaban J connectivity index is 2.21. The smallest absolute Gasteiger partial charge is 0.326 e. The maximum atomic E-state index is 13.4. The van der Waals surface area contributed by atoms with Gasteiger partial charge in [0.15, 0.2) is 5.96 Å². The second-order valence-electron chi connectivity index (χ2n) is 9.81. The van der Waals surface area contributed by atoms with Crippen molar-refractivity contribution in [1.82, 2.24) is 16.0 Å². The van der Waals surface area contributed by atoms with Gasteiger partial charge < -0.3 is 49.1 Å². The average Bonchev–Trinajstić information content (AvgIpc) is 2.95. The van der Waals surface area contributed by atoms with Gasteiger partial charge in [-0.2, -0.15) is 0 Å². The number of aromatic hydroxyl groups is 1. The number of carboxylic acid groups (broad SMARTS) is 1. The molecule has 0 radical (unpaired) electrons. The van der Waals surface area contributed by atoms with Crippen LogP contribution in [0.3, 0.4) is 0 Å². The average molecular weight is 599 g/mol. The molecule has 0 saturated heterocycles. The quantitative estimate of drug-likeness (QED) is 0.0547. The lowest BCUT2D eigenvalue weighted by atomic mass is 10.0. The molecule has 232 valence electrons. The molecule has 0 saturated carbocycles. The number of carboxylic acids is 1. The van der Waals surface area contributed by atoms with Crippen LogP contribution in [0.15, 0.2) is 59.6 Å². The monoisotopic (exact) mass is 598 g/mol. The molecular weight excluding hydrogens is 560 g/mol. The van der Waals surface area contributed by atoms with Gasteiger partial charge in [-0.05, 0) is 36.1 Å². The summed E-state index contributed by atoms with van der Waals surface area (Å²) in [6, 6.07) is 9.19. The summed E-state index contributed by atoms with van der Waals surface area (Å²) < 4.78 is 0. The summed E-state index contributed by atoms with van der Waals surface area (Å²) in [6.45, 7) is 0.242. The molecule has 0 aromatic heterocycles. The van der Waals surface area contributed by atoms with Gasteiger partial charge in [0.25, 0.3) is 0 Å². The summed E-state index contributed by atoms with van der Waals surface area (Å²) >= 11 is 0. The molecule has 4 atom stereocenters. The van der Waals surface area contributed by atoms with Crippen LogP contribution in [-0.2, 0) is 36.8 Å². The van der Waals surface area contributed by atoms with Crippen molar-refractivity contribution >= 4 is 35.6 Å². The predicted octanol–water partition coefficient (Wildman–Crippen LogP) is -2.03. The van der Waals surface area contributed by atoms with Gasteiger partial charge in [-0.3, -0.25) is 24.2 Å². The van der Waals surface area contributed by atoms with Crippen LogP contribution in [0, 0.1) is 0 Å². The number of nitrogens with one attached hydrogen (secondary N) is 3. The number of hydrogen-bond acceptors (Lipinski definition) is 8. The van der Waals surface area contributed by atoms with E-state index in [1.165, 1.54) is 24.3 Å². The third-order valence-electron chi connectivity index (χ3n) is 6.25. The molecule has 0 bridgehead atoms. The number of hydrogen-bond donors (Lipinski definition) is 9. The van der Waals surface area contributed by atoms with Gasteiger partial charge in [0.1, 0.15) is 23.9 Å². The van der Waals surface area contributed by atoms with Crippen molar-refractivity contribution in [3.8, 4) is 5.75 Å². The highest BCUT2D eigenvalue weighted by molar-refractivity contribution is 5.96. The van der Waals surface area contributed by atoms with Crippen LogP contribution < -0.4 is 38.9 Å². The molecule has 2 rings (SSSR count). The number of phenols is 1. The minimum Gasteiger partial charge on any atom is -0.508 e. The number of carbonyl (C=O) groups is 5. The van der Waals surface area contributed by atoms with Crippen LogP contribution in [-0.4, -0.2) is 76.5 Å². The molecule has 0 heterocycles. The van der Waals surface area contributed by atoms with Crippen molar-refractivity contribution < 1.29 is 34.2 Å². The minimum absolute atomic E-state index is 0.0155. The number of primary amides is 1. The number of carbonyl (C=O) groups excluding carboxylic acids is 4. The molecule has 43 heavy (non-hydrogen) atoms. The van der Waals surface area contributed by atoms with E-state index in [-0.39, 0.29) is 37.5 Å². The number of nitrogens with two attached hydrogens (primary N) is 4. The number of aliphatic carboxylic acids is 1. The number of rotatable bonds is 17. The van der Waals surface area contributed by atoms with Crippen LogP contribution in [0.1, 0.15) is 30.4 Å². The lowest BCUT2D eigenvalue weighted by Crippen LogP contribution is -2.58. The van der Waals surface area contributed by atoms with Gasteiger partial charge in [-0.1, -0.05) is 42.5 Å². The van der Waals surface area contributed by atoms with E-state index < -0.39 is 60.2 Å². The molecule has 0 aliphatic rings. The van der Waals surface area contributed by atoms with Gasteiger partial charge in [0.05, 0.1) is 12.5 Å². The molecule has 15 heteroatoms. The molecule has 2 aromatic rings. The van der Waals surface area contributed by atoms with E-state index >= 15 is 0 Å². The fourth-order valence-corrected chi connectivity index (χ4v) is 4.01. The zero-order valence-electron chi connectivity index (χ0n) is 23.4. The van der Waals surface area contributed by atoms with Crippen molar-refractivity contribution in [1.29, 1.82) is 0 Å². The third-order valence-corrected chi connectivity index (χ3v) is 6.25. The van der Waals surface area contributed by atoms with Crippen LogP contribution in [0.25, 0.3) is 0 Å². The molecule has 13 N–H and O–H groups in total. The number of amides is 4. The SMILES string of the molecule is NC(=O)CC(NC(=O)C(Cc1ccc(O)cc1)NC(=O)C(N)CCCN=C(N)N)C(=O)NC(Cc1ccccc1)C(=O)O. The summed E-state index contributed by atoms with van der Waals surface area (Å²) in [6.07, 6.45) is -0.189. The Kier molecular flexibility index (Phi) is 13.4. The first kappa shape index (κ1) is 34.0. The second-order valence-corrected chi connectivity index (χ2v) is 9.81. The molecule has 0 aliphatic heterocycles. The summed E-state index contributed by atoms with van der Waals surface area (Å²) in [4.78, 5) is 66.8. The van der Waals surface area contributed by atoms with Crippen molar-refractivity contribution in [3.05, 3.63) is 65.7 Å². The van der Waals surface area contributed by atoms with Gasteiger partial charge in [0, 0.05) is 19.4 Å². The van der Waals surface area contributed by atoms with E-state index in [0.29, 0.717) is 17.5 Å². The zero-order chi connectivity index (χ0) is 31.9. The van der Waals surface area contributed by atoms with Gasteiger partial charge in [-0.15, -0.1) is 0 Å². The van der Waals surface area contributed by atoms with Crippen LogP contribution in [0.4, 0.5) is 0 Å². The van der Waals surface area contributed by atoms with Crippen LogP contribution in [0.5, 0.6) is 5.75 Å². The first-order valence-corrected chi connectivity index (χ1v) is 13.4. The Hall–Kier alpha value is -5.18. The lowest BCUT2D eigenvalue weighted by molar-refractivity contribution is -0.142. The van der Waals surface area contributed by atoms with E-state index in [2.05, 4.69) is 20.9 Å². The first-order valence-electron chi connectivity index (χ1n) is 13.4. The van der Waals surface area contributed by atoms with E-state index in [1.54, 1.807) is 30.3 Å². The topological polar surface area (TPSA) is 278 Å². The number of phenolic OH excluding ortho intramolecular Hbond substituents is 1. The maximum Gasteiger partial charge on any atom is 0.326 e. The standard InChI is InChI=1S/C28H38N8O7/c29-19(7-4-12-33-28(31)32)24(39)34-20(13-17-8-10-18(37)11-9-17)25(40)35-21(15-23(30)38)26(41)36-22(27(42)43)14-16-5-2-1-3-6-16/h1-3,5-6,8-11,19-22,37H,4,7,12-15,29H2,(H2,30,38)(H,34,39)(H,35,40)(H,36,41)(H,42,43)(H4,31,32,33). The maximum absolute atomic E-state index is 13.4. The molecule has 15 nitrogen and oxygen atoms in total. The number of benzene rings is 2. The first-order chi connectivity index (χ1) is 20.3. The van der Waals surface area contributed by atoms with Crippen LogP contribution in [0.2, 0.25) is 0 Å². The Morgan fingerprint density at radius 3 is 1.86 bits per heavy atom. The van der Waals surface area contributed by atoms with Crippen molar-refractivity contribution in [3.63, 3.8) is 0 Å². The summed E-state index contributed by atoms with van der Waals surface area (Å²) in [7, 11) is 0. The molecule has 4 amide bonds. The van der Waals surface area contributed by atoms with Crippen molar-refractivity contribution in [2.24, 2.45) is 27.9 Å². The van der Waals surface area contributed by atoms with E-state index in [1.807, 2.05) is 0 Å². The molecule has 0 spiro atoms. The Labute approximate surface area is 248 Å². The van der Waals surface area contributed by atoms with Crippen molar-refractivity contribution in [2.75, 3.05) is 6.54 Å². The van der Waals surface area contributed by atoms with E-state index in [9.17, 15) is 34.2 Å². The van der Waals surface area contributed by atoms with Gasteiger partial charge >= 0.3 is 5.97 Å². The second kappa shape index (κ2) is 16.9. The lowest BCUT2D eigenvalue weighted by Gasteiger charge is -2.25. The molecule has 0 aliphatic carbocycles. The van der Waals surface area contributed by atoms with Gasteiger partial charge in [0.2, 0.25) is 23.6 Å². The largest absolute Gasteiger partial charge is 0.508 e. The molecular formula is C28H38N8O7. The molecule has 0 fully saturated rings. The predicted molar refractivity (Wildman–Crippen MR) is 157 cm³/mol. The normalized spacial score (nSPS) is 13.4. The highest BCUT2D eigenvalue weighted by Crippen LogP contribution is 2.12. The highest BCUT2D eigenvalue weighted by Gasteiger charge is 2.31. The summed E-state index contributed by atoms with van der Waals surface area (Å²) in [5.74, 6) is -4.86.